The third kappa shape index (κ3) is 3.23. The first-order chi connectivity index (χ1) is 6.09. The van der Waals surface area contributed by atoms with Gasteiger partial charge in [0.1, 0.15) is 0 Å². The van der Waals surface area contributed by atoms with Crippen LogP contribution in [0.15, 0.2) is 23.4 Å². The maximum Gasteiger partial charge on any atom is 0.0190 e. The fraction of sp³-hybridized carbons (Fsp3) is 0.636. The highest BCUT2D eigenvalue weighted by Gasteiger charge is 2.07. The molecule has 1 rings (SSSR count). The maximum atomic E-state index is 2.26. The summed E-state index contributed by atoms with van der Waals surface area (Å²) in [4.78, 5) is 4.42. The Morgan fingerprint density at radius 2 is 1.77 bits per heavy atom. The molecule has 0 saturated carbocycles. The average Bonchev–Trinajstić information content (AvgIpc) is 2.04. The molecule has 2 heteroatoms. The Morgan fingerprint density at radius 3 is 2.15 bits per heavy atom. The summed E-state index contributed by atoms with van der Waals surface area (Å²) in [6, 6.07) is 0. The van der Waals surface area contributed by atoms with Crippen molar-refractivity contribution in [2.75, 3.05) is 34.7 Å². The fourth-order valence-electron chi connectivity index (χ4n) is 1.58. The van der Waals surface area contributed by atoms with Gasteiger partial charge in [0.25, 0.3) is 0 Å². The van der Waals surface area contributed by atoms with Crippen molar-refractivity contribution in [2.24, 2.45) is 0 Å². The molecular formula is C11H20N2. The molecule has 0 radical (unpaired) electrons. The van der Waals surface area contributed by atoms with Crippen molar-refractivity contribution < 1.29 is 0 Å². The molecule has 0 heterocycles. The molecule has 0 aromatic rings. The number of likely N-dealkylation sites (N-methyl/N-ethyl adjacent to an activating group) is 1. The first-order valence-corrected chi connectivity index (χ1v) is 4.80. The van der Waals surface area contributed by atoms with E-state index in [4.69, 9.17) is 0 Å². The van der Waals surface area contributed by atoms with Crippen LogP contribution in [0.1, 0.15) is 12.8 Å². The van der Waals surface area contributed by atoms with Gasteiger partial charge < -0.3 is 9.80 Å². The molecule has 0 N–H and O–H groups in total. The highest BCUT2D eigenvalue weighted by molar-refractivity contribution is 5.23. The van der Waals surface area contributed by atoms with E-state index in [1.807, 2.05) is 0 Å². The predicted molar refractivity (Wildman–Crippen MR) is 57.6 cm³/mol. The Kier molecular flexibility index (Phi) is 3.55. The number of hydrogen-bond acceptors (Lipinski definition) is 2. The van der Waals surface area contributed by atoms with Crippen LogP contribution in [0.2, 0.25) is 0 Å². The minimum Gasteiger partial charge on any atom is -0.381 e. The molecule has 1 aliphatic rings. The van der Waals surface area contributed by atoms with E-state index in [1.165, 1.54) is 24.1 Å². The summed E-state index contributed by atoms with van der Waals surface area (Å²) in [7, 11) is 8.45. The van der Waals surface area contributed by atoms with Gasteiger partial charge in [-0.2, -0.15) is 0 Å². The third-order valence-electron chi connectivity index (χ3n) is 2.31. The van der Waals surface area contributed by atoms with Crippen molar-refractivity contribution in [3.8, 4) is 0 Å². The highest BCUT2D eigenvalue weighted by Crippen LogP contribution is 2.19. The average molecular weight is 180 g/mol. The fourth-order valence-corrected chi connectivity index (χ4v) is 1.58. The van der Waals surface area contributed by atoms with E-state index in [0.717, 1.165) is 6.54 Å². The van der Waals surface area contributed by atoms with Gasteiger partial charge in [-0.3, -0.25) is 0 Å². The molecule has 0 saturated heterocycles. The smallest absolute Gasteiger partial charge is 0.0190 e. The summed E-state index contributed by atoms with van der Waals surface area (Å²) in [5, 5.41) is 0. The molecule has 0 aromatic heterocycles. The molecule has 0 fully saturated rings. The zero-order valence-electron chi connectivity index (χ0n) is 9.17. The van der Waals surface area contributed by atoms with Crippen LogP contribution in [-0.4, -0.2) is 44.5 Å². The van der Waals surface area contributed by atoms with E-state index in [9.17, 15) is 0 Å². The van der Waals surface area contributed by atoms with Crippen LogP contribution in [-0.2, 0) is 0 Å². The third-order valence-corrected chi connectivity index (χ3v) is 2.31. The summed E-state index contributed by atoms with van der Waals surface area (Å²) >= 11 is 0. The standard InChI is InChI=1S/C11H20N2/c1-12(2)9-10-5-7-11(8-6-10)13(3)4/h5,7H,6,8-9H2,1-4H3. The molecular weight excluding hydrogens is 160 g/mol. The summed E-state index contributed by atoms with van der Waals surface area (Å²) in [6.07, 6.45) is 6.90. The molecule has 0 spiro atoms. The Morgan fingerprint density at radius 1 is 1.08 bits per heavy atom. The molecule has 13 heavy (non-hydrogen) atoms. The van der Waals surface area contributed by atoms with Crippen LogP contribution in [0.4, 0.5) is 0 Å². The van der Waals surface area contributed by atoms with Gasteiger partial charge in [0, 0.05) is 26.3 Å². The lowest BCUT2D eigenvalue weighted by atomic mass is 10.0. The lowest BCUT2D eigenvalue weighted by Crippen LogP contribution is -2.18. The van der Waals surface area contributed by atoms with E-state index in [1.54, 1.807) is 0 Å². The normalized spacial score (nSPS) is 17.0. The maximum absolute atomic E-state index is 2.26. The second-order valence-corrected chi connectivity index (χ2v) is 4.12. The van der Waals surface area contributed by atoms with Crippen molar-refractivity contribution in [3.63, 3.8) is 0 Å². The monoisotopic (exact) mass is 180 g/mol. The van der Waals surface area contributed by atoms with Gasteiger partial charge in [-0.25, -0.2) is 0 Å². The van der Waals surface area contributed by atoms with Crippen LogP contribution < -0.4 is 0 Å². The van der Waals surface area contributed by atoms with Crippen molar-refractivity contribution in [1.82, 2.24) is 9.80 Å². The quantitative estimate of drug-likeness (QED) is 0.652. The minimum atomic E-state index is 1.09. The van der Waals surface area contributed by atoms with Gasteiger partial charge >= 0.3 is 0 Å². The predicted octanol–water partition coefficient (Wildman–Crippen LogP) is 1.71. The van der Waals surface area contributed by atoms with Crippen LogP contribution in [0.5, 0.6) is 0 Å². The van der Waals surface area contributed by atoms with E-state index < -0.39 is 0 Å². The number of allylic oxidation sites excluding steroid dienone is 3. The Bertz CT molecular complexity index is 224. The molecule has 0 aromatic carbocycles. The molecule has 1 aliphatic carbocycles. The Labute approximate surface area is 81.5 Å². The van der Waals surface area contributed by atoms with Gasteiger partial charge in [0.15, 0.2) is 0 Å². The molecule has 0 amide bonds. The molecule has 2 nitrogen and oxygen atoms in total. The van der Waals surface area contributed by atoms with Gasteiger partial charge in [0.2, 0.25) is 0 Å². The Hall–Kier alpha value is -0.760. The van der Waals surface area contributed by atoms with Gasteiger partial charge in [-0.1, -0.05) is 11.6 Å². The van der Waals surface area contributed by atoms with Crippen molar-refractivity contribution in [2.45, 2.75) is 12.8 Å². The molecule has 0 aliphatic heterocycles. The summed E-state index contributed by atoms with van der Waals surface area (Å²) in [5.41, 5.74) is 2.97. The number of nitrogens with zero attached hydrogens (tertiary/aromatic N) is 2. The number of rotatable bonds is 3. The van der Waals surface area contributed by atoms with E-state index >= 15 is 0 Å². The number of hydrogen-bond donors (Lipinski definition) is 0. The van der Waals surface area contributed by atoms with Crippen molar-refractivity contribution >= 4 is 0 Å². The molecule has 0 unspecified atom stereocenters. The lowest BCUT2D eigenvalue weighted by Gasteiger charge is -2.22. The largest absolute Gasteiger partial charge is 0.381 e. The SMILES string of the molecule is CN(C)CC1=CC=C(N(C)C)CC1. The molecule has 0 atom stereocenters. The first kappa shape index (κ1) is 10.3. The van der Waals surface area contributed by atoms with Crippen LogP contribution in [0.3, 0.4) is 0 Å². The zero-order valence-corrected chi connectivity index (χ0v) is 9.17. The zero-order chi connectivity index (χ0) is 9.84. The second-order valence-electron chi connectivity index (χ2n) is 4.12. The second kappa shape index (κ2) is 4.47. The van der Waals surface area contributed by atoms with Crippen molar-refractivity contribution in [1.29, 1.82) is 0 Å². The summed E-state index contributed by atoms with van der Waals surface area (Å²) in [5.74, 6) is 0. The van der Waals surface area contributed by atoms with Crippen LogP contribution in [0, 0.1) is 0 Å². The van der Waals surface area contributed by atoms with E-state index in [-0.39, 0.29) is 0 Å². The van der Waals surface area contributed by atoms with E-state index in [2.05, 4.69) is 50.1 Å². The minimum absolute atomic E-state index is 1.09. The lowest BCUT2D eigenvalue weighted by molar-refractivity contribution is 0.430. The van der Waals surface area contributed by atoms with Gasteiger partial charge in [-0.15, -0.1) is 0 Å². The first-order valence-electron chi connectivity index (χ1n) is 4.80. The van der Waals surface area contributed by atoms with Crippen molar-refractivity contribution in [3.05, 3.63) is 23.4 Å². The topological polar surface area (TPSA) is 6.48 Å². The molecule has 74 valence electrons. The van der Waals surface area contributed by atoms with Crippen LogP contribution >= 0.6 is 0 Å². The summed E-state index contributed by atoms with van der Waals surface area (Å²) < 4.78 is 0. The van der Waals surface area contributed by atoms with Gasteiger partial charge in [0.05, 0.1) is 0 Å². The highest BCUT2D eigenvalue weighted by atomic mass is 15.1. The van der Waals surface area contributed by atoms with E-state index in [0.29, 0.717) is 0 Å². The Balaban J connectivity index is 2.54. The summed E-state index contributed by atoms with van der Waals surface area (Å²) in [6.45, 7) is 1.09. The molecule has 0 bridgehead atoms. The van der Waals surface area contributed by atoms with Gasteiger partial charge in [-0.05, 0) is 33.0 Å². The van der Waals surface area contributed by atoms with Crippen LogP contribution in [0.25, 0.3) is 0 Å².